The summed E-state index contributed by atoms with van der Waals surface area (Å²) in [6.07, 6.45) is 5.29. The van der Waals surface area contributed by atoms with Gasteiger partial charge in [0.25, 0.3) is 5.91 Å². The largest absolute Gasteiger partial charge is 0.492 e. The number of hydrogen-bond acceptors (Lipinski definition) is 3. The van der Waals surface area contributed by atoms with Crippen LogP contribution in [0.5, 0.6) is 5.75 Å². The average molecular weight is 381 g/mol. The molecule has 1 amide bonds. The quantitative estimate of drug-likeness (QED) is 0.720. The van der Waals surface area contributed by atoms with Crippen molar-refractivity contribution in [3.63, 3.8) is 0 Å². The van der Waals surface area contributed by atoms with Gasteiger partial charge in [-0.1, -0.05) is 31.0 Å². The molecule has 1 saturated heterocycles. The van der Waals surface area contributed by atoms with Gasteiger partial charge < -0.3 is 10.1 Å². The van der Waals surface area contributed by atoms with Gasteiger partial charge in [-0.2, -0.15) is 0 Å². The molecule has 0 bridgehead atoms. The summed E-state index contributed by atoms with van der Waals surface area (Å²) in [5.74, 6) is 0.801. The molecule has 0 saturated carbocycles. The average Bonchev–Trinajstić information content (AvgIpc) is 2.93. The number of nitrogens with zero attached hydrogens (tertiary/aromatic N) is 1. The Morgan fingerprint density at radius 1 is 0.964 bits per heavy atom. The smallest absolute Gasteiger partial charge is 0.251 e. The van der Waals surface area contributed by atoms with Crippen molar-refractivity contribution in [1.82, 2.24) is 10.2 Å². The normalized spacial score (nSPS) is 15.1. The van der Waals surface area contributed by atoms with Gasteiger partial charge in [-0.3, -0.25) is 9.69 Å². The van der Waals surface area contributed by atoms with E-state index in [1.807, 2.05) is 24.3 Å². The molecule has 2 aromatic carbocycles. The fourth-order valence-corrected chi connectivity index (χ4v) is 3.77. The fourth-order valence-electron chi connectivity index (χ4n) is 3.77. The van der Waals surface area contributed by atoms with Gasteiger partial charge in [0, 0.05) is 12.1 Å². The molecule has 0 aromatic heterocycles. The van der Waals surface area contributed by atoms with E-state index in [-0.39, 0.29) is 5.91 Å². The van der Waals surface area contributed by atoms with Gasteiger partial charge in [0.2, 0.25) is 0 Å². The molecule has 0 unspecified atom stereocenters. The van der Waals surface area contributed by atoms with Crippen molar-refractivity contribution in [2.75, 3.05) is 26.2 Å². The van der Waals surface area contributed by atoms with Gasteiger partial charge in [0.15, 0.2) is 0 Å². The monoisotopic (exact) mass is 380 g/mol. The van der Waals surface area contributed by atoms with Crippen LogP contribution in [-0.4, -0.2) is 37.0 Å². The maximum absolute atomic E-state index is 12.3. The molecule has 0 atom stereocenters. The first-order valence-corrected chi connectivity index (χ1v) is 10.4. The van der Waals surface area contributed by atoms with Crippen molar-refractivity contribution in [3.05, 3.63) is 64.7 Å². The predicted molar refractivity (Wildman–Crippen MR) is 114 cm³/mol. The van der Waals surface area contributed by atoms with E-state index in [2.05, 4.69) is 42.3 Å². The maximum atomic E-state index is 12.3. The zero-order chi connectivity index (χ0) is 19.8. The van der Waals surface area contributed by atoms with Gasteiger partial charge in [-0.25, -0.2) is 0 Å². The Kier molecular flexibility index (Phi) is 7.49. The van der Waals surface area contributed by atoms with Crippen molar-refractivity contribution < 1.29 is 9.53 Å². The molecule has 4 heteroatoms. The van der Waals surface area contributed by atoms with E-state index < -0.39 is 0 Å². The maximum Gasteiger partial charge on any atom is 0.251 e. The third-order valence-electron chi connectivity index (χ3n) is 5.17. The molecule has 1 aliphatic heterocycles. The van der Waals surface area contributed by atoms with Gasteiger partial charge in [0.05, 0.1) is 6.54 Å². The number of carbonyl (C=O) groups excluding carboxylic acids is 1. The van der Waals surface area contributed by atoms with E-state index >= 15 is 0 Å². The molecule has 3 rings (SSSR count). The van der Waals surface area contributed by atoms with E-state index in [1.165, 1.54) is 55.5 Å². The summed E-state index contributed by atoms with van der Waals surface area (Å²) in [5, 5.41) is 2.93. The summed E-state index contributed by atoms with van der Waals surface area (Å²) in [4.78, 5) is 14.9. The number of rotatable bonds is 7. The predicted octanol–water partition coefficient (Wildman–Crippen LogP) is 4.49. The summed E-state index contributed by atoms with van der Waals surface area (Å²) in [7, 11) is 0. The Bertz CT molecular complexity index is 742. The van der Waals surface area contributed by atoms with E-state index in [1.54, 1.807) is 0 Å². The van der Waals surface area contributed by atoms with Crippen LogP contribution in [0.15, 0.2) is 42.5 Å². The van der Waals surface area contributed by atoms with Crippen molar-refractivity contribution in [2.24, 2.45) is 0 Å². The summed E-state index contributed by atoms with van der Waals surface area (Å²) < 4.78 is 5.75. The Morgan fingerprint density at radius 2 is 1.61 bits per heavy atom. The lowest BCUT2D eigenvalue weighted by Crippen LogP contribution is -2.28. The minimum absolute atomic E-state index is 0.0506. The first-order chi connectivity index (χ1) is 13.6. The van der Waals surface area contributed by atoms with Gasteiger partial charge in [-0.15, -0.1) is 0 Å². The highest BCUT2D eigenvalue weighted by Gasteiger charge is 2.10. The molecule has 28 heavy (non-hydrogen) atoms. The molecule has 0 radical (unpaired) electrons. The Morgan fingerprint density at radius 3 is 2.25 bits per heavy atom. The summed E-state index contributed by atoms with van der Waals surface area (Å²) in [6, 6.07) is 14.1. The molecule has 150 valence electrons. The van der Waals surface area contributed by atoms with Crippen molar-refractivity contribution in [2.45, 2.75) is 46.1 Å². The number of aryl methyl sites for hydroxylation is 2. The molecule has 1 aliphatic rings. The minimum atomic E-state index is -0.0506. The molecular formula is C24H32N2O2. The van der Waals surface area contributed by atoms with Crippen LogP contribution in [0.3, 0.4) is 0 Å². The zero-order valence-corrected chi connectivity index (χ0v) is 17.2. The third kappa shape index (κ3) is 6.38. The molecule has 4 nitrogen and oxygen atoms in total. The molecular weight excluding hydrogens is 348 g/mol. The van der Waals surface area contributed by atoms with Gasteiger partial charge >= 0.3 is 0 Å². The minimum Gasteiger partial charge on any atom is -0.492 e. The van der Waals surface area contributed by atoms with E-state index in [0.29, 0.717) is 18.7 Å². The molecule has 2 aromatic rings. The highest BCUT2D eigenvalue weighted by molar-refractivity contribution is 5.94. The third-order valence-corrected chi connectivity index (χ3v) is 5.17. The SMILES string of the molecule is Cc1cc(C)cc(OCCNC(=O)c2ccc(CN3CCCCCC3)cc2)c1. The highest BCUT2D eigenvalue weighted by Crippen LogP contribution is 2.16. The first-order valence-electron chi connectivity index (χ1n) is 10.4. The Balaban J connectivity index is 1.42. The van der Waals surface area contributed by atoms with Crippen molar-refractivity contribution in [1.29, 1.82) is 0 Å². The fraction of sp³-hybridized carbons (Fsp3) is 0.458. The standard InChI is InChI=1S/C24H32N2O2/c1-19-15-20(2)17-23(16-19)28-14-11-25-24(27)22-9-7-21(8-10-22)18-26-12-5-3-4-6-13-26/h7-10,15-17H,3-6,11-14,18H2,1-2H3,(H,25,27). The second-order valence-corrected chi connectivity index (χ2v) is 7.82. The summed E-state index contributed by atoms with van der Waals surface area (Å²) >= 11 is 0. The van der Waals surface area contributed by atoms with Crippen LogP contribution in [0, 0.1) is 13.8 Å². The molecule has 0 aliphatic carbocycles. The van der Waals surface area contributed by atoms with Crippen LogP contribution in [-0.2, 0) is 6.54 Å². The topological polar surface area (TPSA) is 41.6 Å². The molecule has 0 spiro atoms. The number of hydrogen-bond donors (Lipinski definition) is 1. The Labute approximate surface area is 168 Å². The number of nitrogens with one attached hydrogen (secondary N) is 1. The zero-order valence-electron chi connectivity index (χ0n) is 17.2. The molecule has 1 N–H and O–H groups in total. The van der Waals surface area contributed by atoms with Crippen LogP contribution < -0.4 is 10.1 Å². The lowest BCUT2D eigenvalue weighted by molar-refractivity contribution is 0.0947. The lowest BCUT2D eigenvalue weighted by Gasteiger charge is -2.19. The molecule has 1 fully saturated rings. The second kappa shape index (κ2) is 10.3. The number of likely N-dealkylation sites (tertiary alicyclic amines) is 1. The molecule has 1 heterocycles. The van der Waals surface area contributed by atoms with Crippen LogP contribution in [0.2, 0.25) is 0 Å². The number of ether oxygens (including phenoxy) is 1. The van der Waals surface area contributed by atoms with E-state index in [9.17, 15) is 4.79 Å². The van der Waals surface area contributed by atoms with E-state index in [0.717, 1.165) is 12.3 Å². The van der Waals surface area contributed by atoms with Crippen LogP contribution in [0.4, 0.5) is 0 Å². The van der Waals surface area contributed by atoms with Crippen molar-refractivity contribution in [3.8, 4) is 5.75 Å². The second-order valence-electron chi connectivity index (χ2n) is 7.82. The van der Waals surface area contributed by atoms with Gasteiger partial charge in [0.1, 0.15) is 12.4 Å². The number of benzene rings is 2. The number of amides is 1. The summed E-state index contributed by atoms with van der Waals surface area (Å²) in [6.45, 7) is 8.40. The van der Waals surface area contributed by atoms with Crippen molar-refractivity contribution >= 4 is 5.91 Å². The Hall–Kier alpha value is -2.33. The van der Waals surface area contributed by atoms with Crippen LogP contribution in [0.25, 0.3) is 0 Å². The van der Waals surface area contributed by atoms with Crippen LogP contribution in [0.1, 0.15) is 52.7 Å². The van der Waals surface area contributed by atoms with Crippen LogP contribution >= 0.6 is 0 Å². The highest BCUT2D eigenvalue weighted by atomic mass is 16.5. The lowest BCUT2D eigenvalue weighted by atomic mass is 10.1. The summed E-state index contributed by atoms with van der Waals surface area (Å²) in [5.41, 5.74) is 4.33. The first kappa shape index (κ1) is 20.4. The van der Waals surface area contributed by atoms with E-state index in [4.69, 9.17) is 4.74 Å². The van der Waals surface area contributed by atoms with Gasteiger partial charge in [-0.05, 0) is 80.7 Å². The number of carbonyl (C=O) groups is 1.